The van der Waals surface area contributed by atoms with Gasteiger partial charge in [0, 0.05) is 0 Å². The number of halogens is 1. The summed E-state index contributed by atoms with van der Waals surface area (Å²) in [5, 5.41) is 0. The van der Waals surface area contributed by atoms with E-state index in [2.05, 4.69) is 29.2 Å². The molecular weight excluding hydrogens is 391 g/mol. The van der Waals surface area contributed by atoms with Crippen LogP contribution in [0.5, 0.6) is 0 Å². The van der Waals surface area contributed by atoms with Gasteiger partial charge in [-0.15, -0.1) is 6.58 Å². The standard InChI is InChI=1S/C22H43I/c1-2-3-4-5-6-7-8-9-10-11-12-13-14-15-16-17-18-19-20-21-22-23/h2H,1,3-22H2. The molecule has 0 nitrogen and oxygen atoms in total. The molecule has 0 spiro atoms. The molecule has 0 saturated carbocycles. The Balaban J connectivity index is 2.93. The van der Waals surface area contributed by atoms with Crippen LogP contribution in [0, 0.1) is 0 Å². The molecule has 0 heterocycles. The molecule has 0 atom stereocenters. The van der Waals surface area contributed by atoms with Gasteiger partial charge < -0.3 is 0 Å². The smallest absolute Gasteiger partial charge is 0.000473 e. The summed E-state index contributed by atoms with van der Waals surface area (Å²) in [5.41, 5.74) is 0. The molecule has 0 aromatic carbocycles. The summed E-state index contributed by atoms with van der Waals surface area (Å²) in [6.45, 7) is 3.78. The first-order valence-corrected chi connectivity index (χ1v) is 12.1. The second-order valence-electron chi connectivity index (χ2n) is 7.13. The number of hydrogen-bond acceptors (Lipinski definition) is 0. The van der Waals surface area contributed by atoms with Gasteiger partial charge in [-0.3, -0.25) is 0 Å². The van der Waals surface area contributed by atoms with Gasteiger partial charge in [-0.25, -0.2) is 0 Å². The van der Waals surface area contributed by atoms with Crippen molar-refractivity contribution in [2.24, 2.45) is 0 Å². The molecule has 0 radical (unpaired) electrons. The lowest BCUT2D eigenvalue weighted by Crippen LogP contribution is -1.84. The molecule has 0 aliphatic heterocycles. The topological polar surface area (TPSA) is 0 Å². The molecule has 0 bridgehead atoms. The summed E-state index contributed by atoms with van der Waals surface area (Å²) >= 11 is 2.49. The summed E-state index contributed by atoms with van der Waals surface area (Å²) in [6.07, 6.45) is 29.5. The first-order chi connectivity index (χ1) is 11.4. The second-order valence-corrected chi connectivity index (χ2v) is 8.21. The maximum absolute atomic E-state index is 3.78. The molecule has 0 rings (SSSR count). The summed E-state index contributed by atoms with van der Waals surface area (Å²) in [6, 6.07) is 0. The van der Waals surface area contributed by atoms with Crippen LogP contribution in [0.2, 0.25) is 0 Å². The number of unbranched alkanes of at least 4 members (excludes halogenated alkanes) is 18. The number of hydrogen-bond donors (Lipinski definition) is 0. The average molecular weight is 434 g/mol. The van der Waals surface area contributed by atoms with E-state index in [0.29, 0.717) is 0 Å². The van der Waals surface area contributed by atoms with E-state index in [0.717, 1.165) is 0 Å². The Hall–Kier alpha value is 0.470. The van der Waals surface area contributed by atoms with Crippen LogP contribution in [0.4, 0.5) is 0 Å². The fourth-order valence-corrected chi connectivity index (χ4v) is 3.75. The van der Waals surface area contributed by atoms with Crippen LogP contribution in [0.15, 0.2) is 12.7 Å². The molecule has 0 N–H and O–H groups in total. The molecule has 0 aromatic heterocycles. The zero-order chi connectivity index (χ0) is 16.8. The largest absolute Gasteiger partial charge is 0.103 e. The summed E-state index contributed by atoms with van der Waals surface area (Å²) < 4.78 is 1.34. The minimum absolute atomic E-state index is 1.21. The third-order valence-corrected chi connectivity index (χ3v) is 5.55. The Labute approximate surface area is 161 Å². The van der Waals surface area contributed by atoms with Gasteiger partial charge >= 0.3 is 0 Å². The number of alkyl halides is 1. The van der Waals surface area contributed by atoms with Crippen molar-refractivity contribution in [1.29, 1.82) is 0 Å². The van der Waals surface area contributed by atoms with Crippen LogP contribution in [0.25, 0.3) is 0 Å². The average Bonchev–Trinajstić information content (AvgIpc) is 2.57. The van der Waals surface area contributed by atoms with Gasteiger partial charge in [0.2, 0.25) is 0 Å². The molecule has 138 valence electrons. The van der Waals surface area contributed by atoms with E-state index in [-0.39, 0.29) is 0 Å². The van der Waals surface area contributed by atoms with E-state index in [1.54, 1.807) is 0 Å². The molecular formula is C22H43I. The lowest BCUT2D eigenvalue weighted by Gasteiger charge is -2.03. The van der Waals surface area contributed by atoms with Crippen molar-refractivity contribution in [2.75, 3.05) is 4.43 Å². The Morgan fingerprint density at radius 1 is 0.435 bits per heavy atom. The Morgan fingerprint density at radius 2 is 0.696 bits per heavy atom. The molecule has 23 heavy (non-hydrogen) atoms. The van der Waals surface area contributed by atoms with Gasteiger partial charge in [0.05, 0.1) is 0 Å². The number of allylic oxidation sites excluding steroid dienone is 1. The van der Waals surface area contributed by atoms with Gasteiger partial charge in [-0.1, -0.05) is 131 Å². The van der Waals surface area contributed by atoms with Crippen LogP contribution in [-0.2, 0) is 0 Å². The Kier molecular flexibility index (Phi) is 22.9. The maximum atomic E-state index is 3.78. The predicted octanol–water partition coefficient (Wildman–Crippen LogP) is 9.02. The molecule has 0 fully saturated rings. The third-order valence-electron chi connectivity index (χ3n) is 4.79. The summed E-state index contributed by atoms with van der Waals surface area (Å²) in [7, 11) is 0. The molecule has 0 aliphatic rings. The molecule has 0 unspecified atom stereocenters. The van der Waals surface area contributed by atoms with Gasteiger partial charge in [-0.05, 0) is 23.7 Å². The van der Waals surface area contributed by atoms with E-state index in [9.17, 15) is 0 Å². The van der Waals surface area contributed by atoms with Crippen LogP contribution in [0.3, 0.4) is 0 Å². The van der Waals surface area contributed by atoms with Gasteiger partial charge in [0.1, 0.15) is 0 Å². The molecule has 1 heteroatoms. The first-order valence-electron chi connectivity index (χ1n) is 10.6. The van der Waals surface area contributed by atoms with Gasteiger partial charge in [0.25, 0.3) is 0 Å². The van der Waals surface area contributed by atoms with E-state index >= 15 is 0 Å². The van der Waals surface area contributed by atoms with E-state index < -0.39 is 0 Å². The van der Waals surface area contributed by atoms with Crippen LogP contribution in [-0.4, -0.2) is 4.43 Å². The highest BCUT2D eigenvalue weighted by molar-refractivity contribution is 14.1. The van der Waals surface area contributed by atoms with Crippen molar-refractivity contribution in [1.82, 2.24) is 0 Å². The van der Waals surface area contributed by atoms with E-state index in [1.165, 1.54) is 126 Å². The quantitative estimate of drug-likeness (QED) is 0.0776. The van der Waals surface area contributed by atoms with Gasteiger partial charge in [-0.2, -0.15) is 0 Å². The lowest BCUT2D eigenvalue weighted by molar-refractivity contribution is 0.526. The fourth-order valence-electron chi connectivity index (χ4n) is 3.21. The molecule has 0 saturated heterocycles. The van der Waals surface area contributed by atoms with Crippen molar-refractivity contribution in [3.63, 3.8) is 0 Å². The minimum atomic E-state index is 1.21. The molecule has 0 amide bonds. The van der Waals surface area contributed by atoms with E-state index in [4.69, 9.17) is 0 Å². The summed E-state index contributed by atoms with van der Waals surface area (Å²) in [5.74, 6) is 0. The minimum Gasteiger partial charge on any atom is -0.103 e. The van der Waals surface area contributed by atoms with Gasteiger partial charge in [0.15, 0.2) is 0 Å². The normalized spacial score (nSPS) is 11.0. The maximum Gasteiger partial charge on any atom is -0.000473 e. The van der Waals surface area contributed by atoms with Crippen LogP contribution < -0.4 is 0 Å². The molecule has 0 aromatic rings. The van der Waals surface area contributed by atoms with Crippen molar-refractivity contribution in [2.45, 2.75) is 122 Å². The lowest BCUT2D eigenvalue weighted by atomic mass is 10.0. The first kappa shape index (κ1) is 23.5. The van der Waals surface area contributed by atoms with Crippen molar-refractivity contribution < 1.29 is 0 Å². The van der Waals surface area contributed by atoms with Crippen molar-refractivity contribution >= 4 is 22.6 Å². The van der Waals surface area contributed by atoms with Crippen molar-refractivity contribution in [3.8, 4) is 0 Å². The molecule has 0 aliphatic carbocycles. The zero-order valence-electron chi connectivity index (χ0n) is 15.8. The predicted molar refractivity (Wildman–Crippen MR) is 117 cm³/mol. The number of rotatable bonds is 20. The highest BCUT2D eigenvalue weighted by Gasteiger charge is 1.95. The Bertz CT molecular complexity index is 212. The Morgan fingerprint density at radius 3 is 0.957 bits per heavy atom. The van der Waals surface area contributed by atoms with E-state index in [1.807, 2.05) is 6.08 Å². The third kappa shape index (κ3) is 22.5. The van der Waals surface area contributed by atoms with Crippen LogP contribution in [0.1, 0.15) is 122 Å². The monoisotopic (exact) mass is 434 g/mol. The van der Waals surface area contributed by atoms with Crippen molar-refractivity contribution in [3.05, 3.63) is 12.7 Å². The second kappa shape index (κ2) is 22.5. The van der Waals surface area contributed by atoms with Crippen LogP contribution >= 0.6 is 22.6 Å². The summed E-state index contributed by atoms with van der Waals surface area (Å²) in [4.78, 5) is 0. The SMILES string of the molecule is C=CCCCCCCCCCCCCCCCCCCCCI. The highest BCUT2D eigenvalue weighted by Crippen LogP contribution is 2.14. The zero-order valence-corrected chi connectivity index (χ0v) is 18.0. The fraction of sp³-hybridized carbons (Fsp3) is 0.909. The highest BCUT2D eigenvalue weighted by atomic mass is 127.